The minimum atomic E-state index is -1.50. The highest BCUT2D eigenvalue weighted by Crippen LogP contribution is 2.17. The van der Waals surface area contributed by atoms with Crippen LogP contribution in [0.3, 0.4) is 0 Å². The van der Waals surface area contributed by atoms with E-state index in [0.29, 0.717) is 6.41 Å². The summed E-state index contributed by atoms with van der Waals surface area (Å²) in [5, 5.41) is 29.5. The van der Waals surface area contributed by atoms with Crippen LogP contribution in [-0.4, -0.2) is 63.5 Å². The Morgan fingerprint density at radius 1 is 1.50 bits per heavy atom. The largest absolute Gasteiger partial charge is 0.394 e. The summed E-state index contributed by atoms with van der Waals surface area (Å²) in [4.78, 5) is 41.1. The molecule has 1 aromatic rings. The predicted octanol–water partition coefficient (Wildman–Crippen LogP) is -3.01. The number of H-pyrrole nitrogens is 1. The second-order valence-corrected chi connectivity index (χ2v) is 4.43. The third-order valence-corrected chi connectivity index (χ3v) is 2.71. The summed E-state index contributed by atoms with van der Waals surface area (Å²) >= 11 is 0. The van der Waals surface area contributed by atoms with Crippen LogP contribution in [0.25, 0.3) is 0 Å². The molecular formula is C11H17N5O6. The maximum absolute atomic E-state index is 11.8. The summed E-state index contributed by atoms with van der Waals surface area (Å²) < 4.78 is 0. The summed E-state index contributed by atoms with van der Waals surface area (Å²) in [6, 6.07) is 0. The molecule has 2 atom stereocenters. The molecule has 1 rings (SSSR count). The van der Waals surface area contributed by atoms with Gasteiger partial charge >= 0.3 is 0 Å². The van der Waals surface area contributed by atoms with E-state index in [1.807, 2.05) is 0 Å². The molecule has 0 radical (unpaired) electrons. The van der Waals surface area contributed by atoms with Crippen LogP contribution in [0.2, 0.25) is 0 Å². The van der Waals surface area contributed by atoms with Crippen molar-refractivity contribution in [1.29, 1.82) is 0 Å². The fourth-order valence-corrected chi connectivity index (χ4v) is 1.58. The van der Waals surface area contributed by atoms with Crippen LogP contribution < -0.4 is 21.5 Å². The number of aromatic nitrogens is 2. The quantitative estimate of drug-likeness (QED) is 0.287. The first-order valence-electron chi connectivity index (χ1n) is 6.14. The van der Waals surface area contributed by atoms with E-state index in [1.54, 1.807) is 0 Å². The number of aliphatic hydroxyl groups is 3. The van der Waals surface area contributed by atoms with Crippen molar-refractivity contribution in [2.75, 3.05) is 29.6 Å². The van der Waals surface area contributed by atoms with Gasteiger partial charge in [-0.05, 0) is 0 Å². The SMILES string of the molecule is CN(C=O)c1c(NC(=O)CC(O)C(O)CO)nc(N)[nH]c1=O. The van der Waals surface area contributed by atoms with Gasteiger partial charge in [0.2, 0.25) is 18.3 Å². The van der Waals surface area contributed by atoms with Crippen molar-refractivity contribution in [3.05, 3.63) is 10.4 Å². The van der Waals surface area contributed by atoms with Crippen molar-refractivity contribution in [2.45, 2.75) is 18.6 Å². The molecule has 7 N–H and O–H groups in total. The molecule has 11 heteroatoms. The zero-order chi connectivity index (χ0) is 16.9. The summed E-state index contributed by atoms with van der Waals surface area (Å²) in [7, 11) is 1.27. The molecule has 0 bridgehead atoms. The first-order valence-corrected chi connectivity index (χ1v) is 6.14. The molecule has 0 spiro atoms. The molecule has 2 amide bonds. The number of rotatable bonds is 7. The predicted molar refractivity (Wildman–Crippen MR) is 76.1 cm³/mol. The molecule has 0 aromatic carbocycles. The van der Waals surface area contributed by atoms with Gasteiger partial charge in [0.25, 0.3) is 5.56 Å². The van der Waals surface area contributed by atoms with E-state index in [0.717, 1.165) is 4.90 Å². The molecule has 0 aliphatic heterocycles. The third kappa shape index (κ3) is 4.25. The number of amides is 2. The van der Waals surface area contributed by atoms with E-state index in [9.17, 15) is 24.6 Å². The molecule has 0 saturated heterocycles. The van der Waals surface area contributed by atoms with Gasteiger partial charge in [0.05, 0.1) is 19.1 Å². The number of nitrogens with zero attached hydrogens (tertiary/aromatic N) is 2. The highest BCUT2D eigenvalue weighted by Gasteiger charge is 2.21. The summed E-state index contributed by atoms with van der Waals surface area (Å²) in [5.74, 6) is -1.34. The van der Waals surface area contributed by atoms with Crippen LogP contribution in [0, 0.1) is 0 Å². The smallest absolute Gasteiger partial charge is 0.278 e. The fraction of sp³-hybridized carbons (Fsp3) is 0.455. The summed E-state index contributed by atoms with van der Waals surface area (Å²) in [6.07, 6.45) is -3.21. The Morgan fingerprint density at radius 3 is 2.68 bits per heavy atom. The van der Waals surface area contributed by atoms with Gasteiger partial charge in [-0.2, -0.15) is 4.98 Å². The Hall–Kier alpha value is -2.50. The van der Waals surface area contributed by atoms with E-state index in [2.05, 4.69) is 15.3 Å². The zero-order valence-electron chi connectivity index (χ0n) is 11.7. The Bertz CT molecular complexity index is 603. The van der Waals surface area contributed by atoms with Crippen molar-refractivity contribution in [1.82, 2.24) is 9.97 Å². The molecule has 2 unspecified atom stereocenters. The average molecular weight is 315 g/mol. The Labute approximate surface area is 124 Å². The lowest BCUT2D eigenvalue weighted by Crippen LogP contribution is -2.34. The van der Waals surface area contributed by atoms with Gasteiger partial charge in [-0.25, -0.2) is 0 Å². The number of nitrogen functional groups attached to an aromatic ring is 1. The average Bonchev–Trinajstić information content (AvgIpc) is 2.44. The molecule has 0 aliphatic carbocycles. The topological polar surface area (TPSA) is 182 Å². The van der Waals surface area contributed by atoms with Crippen molar-refractivity contribution >= 4 is 29.8 Å². The number of anilines is 3. The second kappa shape index (κ2) is 7.49. The number of aliphatic hydroxyl groups excluding tert-OH is 3. The first kappa shape index (κ1) is 17.6. The zero-order valence-corrected chi connectivity index (χ0v) is 11.7. The van der Waals surface area contributed by atoms with Crippen molar-refractivity contribution < 1.29 is 24.9 Å². The molecule has 22 heavy (non-hydrogen) atoms. The normalized spacial score (nSPS) is 13.3. The first-order chi connectivity index (χ1) is 10.3. The van der Waals surface area contributed by atoms with Gasteiger partial charge < -0.3 is 31.3 Å². The van der Waals surface area contributed by atoms with Gasteiger partial charge in [0.15, 0.2) is 11.5 Å². The molecule has 0 saturated carbocycles. The molecule has 1 aromatic heterocycles. The van der Waals surface area contributed by atoms with E-state index in [1.165, 1.54) is 7.05 Å². The van der Waals surface area contributed by atoms with Crippen LogP contribution in [-0.2, 0) is 9.59 Å². The number of carbonyl (C=O) groups excluding carboxylic acids is 2. The van der Waals surface area contributed by atoms with Crippen molar-refractivity contribution in [3.63, 3.8) is 0 Å². The summed E-state index contributed by atoms with van der Waals surface area (Å²) in [6.45, 7) is -0.718. The molecule has 1 heterocycles. The summed E-state index contributed by atoms with van der Waals surface area (Å²) in [5.41, 5.74) is 4.39. The number of hydrogen-bond donors (Lipinski definition) is 6. The van der Waals surface area contributed by atoms with Crippen molar-refractivity contribution in [2.24, 2.45) is 0 Å². The van der Waals surface area contributed by atoms with Crippen LogP contribution in [0.15, 0.2) is 4.79 Å². The van der Waals surface area contributed by atoms with Crippen LogP contribution in [0.5, 0.6) is 0 Å². The van der Waals surface area contributed by atoms with Gasteiger partial charge in [-0.15, -0.1) is 0 Å². The Morgan fingerprint density at radius 2 is 2.14 bits per heavy atom. The molecular weight excluding hydrogens is 298 g/mol. The Balaban J connectivity index is 2.99. The number of nitrogens with two attached hydrogens (primary N) is 1. The number of carbonyl (C=O) groups is 2. The van der Waals surface area contributed by atoms with Gasteiger partial charge in [-0.3, -0.25) is 19.4 Å². The lowest BCUT2D eigenvalue weighted by molar-refractivity contribution is -0.120. The molecule has 11 nitrogen and oxygen atoms in total. The lowest BCUT2D eigenvalue weighted by atomic mass is 10.1. The molecule has 0 fully saturated rings. The fourth-order valence-electron chi connectivity index (χ4n) is 1.58. The second-order valence-electron chi connectivity index (χ2n) is 4.43. The van der Waals surface area contributed by atoms with Crippen LogP contribution >= 0.6 is 0 Å². The minimum Gasteiger partial charge on any atom is -0.394 e. The van der Waals surface area contributed by atoms with E-state index < -0.39 is 36.7 Å². The molecule has 122 valence electrons. The van der Waals surface area contributed by atoms with Crippen LogP contribution in [0.1, 0.15) is 6.42 Å². The van der Waals surface area contributed by atoms with Crippen LogP contribution in [0.4, 0.5) is 17.5 Å². The number of nitrogens with one attached hydrogen (secondary N) is 2. The monoisotopic (exact) mass is 315 g/mol. The lowest BCUT2D eigenvalue weighted by Gasteiger charge is -2.17. The van der Waals surface area contributed by atoms with Gasteiger partial charge in [-0.1, -0.05) is 0 Å². The maximum atomic E-state index is 11.8. The van der Waals surface area contributed by atoms with E-state index in [4.69, 9.17) is 10.8 Å². The highest BCUT2D eigenvalue weighted by molar-refractivity contribution is 5.95. The number of hydrogen-bond acceptors (Lipinski definition) is 8. The van der Waals surface area contributed by atoms with Gasteiger partial charge in [0.1, 0.15) is 6.10 Å². The van der Waals surface area contributed by atoms with E-state index in [-0.39, 0.29) is 17.5 Å². The van der Waals surface area contributed by atoms with Crippen molar-refractivity contribution in [3.8, 4) is 0 Å². The minimum absolute atomic E-state index is 0.241. The third-order valence-electron chi connectivity index (χ3n) is 2.71. The van der Waals surface area contributed by atoms with Gasteiger partial charge in [0, 0.05) is 7.05 Å². The highest BCUT2D eigenvalue weighted by atomic mass is 16.4. The number of aromatic amines is 1. The molecule has 0 aliphatic rings. The Kier molecular flexibility index (Phi) is 5.98. The van der Waals surface area contributed by atoms with E-state index >= 15 is 0 Å². The standard InChI is InChI=1S/C11H17N5O6/c1-16(4-18)8-9(14-11(12)15-10(8)22)13-7(21)2-5(19)6(20)3-17/h4-6,17,19-20H,2-3H2,1H3,(H4,12,13,14,15,21,22). The maximum Gasteiger partial charge on any atom is 0.278 e.